The summed E-state index contributed by atoms with van der Waals surface area (Å²) in [6.07, 6.45) is 0. The number of rotatable bonds is 3. The van der Waals surface area contributed by atoms with E-state index in [1.807, 2.05) is 71.6 Å². The van der Waals surface area contributed by atoms with Crippen molar-refractivity contribution in [3.8, 4) is 0 Å². The van der Waals surface area contributed by atoms with Crippen molar-refractivity contribution in [1.82, 2.24) is 0 Å². The van der Waals surface area contributed by atoms with Gasteiger partial charge < -0.3 is 4.90 Å². The van der Waals surface area contributed by atoms with Crippen molar-refractivity contribution in [1.29, 1.82) is 0 Å². The number of para-hydroxylation sites is 2. The summed E-state index contributed by atoms with van der Waals surface area (Å²) in [6.45, 7) is 0. The van der Waals surface area contributed by atoms with Crippen LogP contribution in [0.2, 0.25) is 0 Å². The zero-order chi connectivity index (χ0) is 21.5. The van der Waals surface area contributed by atoms with Gasteiger partial charge in [0.2, 0.25) is 0 Å². The summed E-state index contributed by atoms with van der Waals surface area (Å²) in [5.74, 6) is -0.507. The van der Waals surface area contributed by atoms with Gasteiger partial charge in [0.1, 0.15) is 11.6 Å². The summed E-state index contributed by atoms with van der Waals surface area (Å²) < 4.78 is 28.3. The van der Waals surface area contributed by atoms with E-state index in [1.54, 1.807) is 6.07 Å². The van der Waals surface area contributed by atoms with Crippen molar-refractivity contribution in [2.75, 3.05) is 4.90 Å². The molecule has 0 aliphatic rings. The Bertz CT molecular complexity index is 1000. The standard InChI is InChI=1S/C18H13BrFN.C6H3Br2F.U/c19-14-11-15(20)13-18(12-14)21(16-7-3-1-4-8-16)17-9-5-2-6-10-17;7-4-1-5(8)3-6(9)2-4;/h1-13H;1-3H;. The third kappa shape index (κ3) is 8.15. The van der Waals surface area contributed by atoms with E-state index in [4.69, 9.17) is 0 Å². The minimum atomic E-state index is -0.267. The Morgan fingerprint density at radius 1 is 0.484 bits per heavy atom. The molecule has 4 aromatic rings. The predicted molar refractivity (Wildman–Crippen MR) is 131 cm³/mol. The maximum Gasteiger partial charge on any atom is 0.126 e. The molecule has 0 aliphatic heterocycles. The van der Waals surface area contributed by atoms with Gasteiger partial charge in [-0.25, -0.2) is 8.78 Å². The van der Waals surface area contributed by atoms with E-state index in [0.29, 0.717) is 0 Å². The molecule has 0 radical (unpaired) electrons. The summed E-state index contributed by atoms with van der Waals surface area (Å²) in [5, 5.41) is 0. The molecule has 0 atom stereocenters. The fourth-order valence-corrected chi connectivity index (χ4v) is 4.48. The molecule has 0 bridgehead atoms. The van der Waals surface area contributed by atoms with E-state index in [2.05, 4.69) is 47.8 Å². The first kappa shape index (κ1) is 26.3. The molecule has 4 rings (SSSR count). The molecule has 0 unspecified atom stereocenters. The van der Waals surface area contributed by atoms with Crippen LogP contribution >= 0.6 is 47.8 Å². The Labute approximate surface area is 229 Å². The molecule has 0 saturated carbocycles. The molecule has 0 spiro atoms. The Balaban J connectivity index is 0.000000289. The second-order valence-corrected chi connectivity index (χ2v) is 8.97. The minimum Gasteiger partial charge on any atom is -0.310 e. The maximum absolute atomic E-state index is 13.8. The van der Waals surface area contributed by atoms with Crippen LogP contribution in [0.4, 0.5) is 25.8 Å². The first-order valence-corrected chi connectivity index (χ1v) is 11.3. The van der Waals surface area contributed by atoms with Crippen LogP contribution in [0.25, 0.3) is 0 Å². The summed E-state index contributed by atoms with van der Waals surface area (Å²) in [7, 11) is 0. The van der Waals surface area contributed by atoms with Crippen LogP contribution in [-0.4, -0.2) is 0 Å². The van der Waals surface area contributed by atoms with Crippen molar-refractivity contribution < 1.29 is 39.9 Å². The summed E-state index contributed by atoms with van der Waals surface area (Å²) in [6, 6.07) is 29.3. The van der Waals surface area contributed by atoms with Crippen molar-refractivity contribution in [2.45, 2.75) is 0 Å². The third-order valence-electron chi connectivity index (χ3n) is 3.96. The molecule has 0 N–H and O–H groups in total. The molecule has 31 heavy (non-hydrogen) atoms. The molecule has 1 nitrogen and oxygen atoms in total. The monoisotopic (exact) mass is 831 g/mol. The van der Waals surface area contributed by atoms with Crippen molar-refractivity contribution in [2.24, 2.45) is 0 Å². The van der Waals surface area contributed by atoms with Crippen LogP contribution in [-0.2, 0) is 0 Å². The van der Waals surface area contributed by atoms with E-state index in [0.717, 1.165) is 30.5 Å². The molecule has 156 valence electrons. The topological polar surface area (TPSA) is 3.24 Å². The summed E-state index contributed by atoms with van der Waals surface area (Å²) in [4.78, 5) is 2.02. The molecular formula is C24H16Br3F2NU. The fourth-order valence-electron chi connectivity index (χ4n) is 2.79. The Kier molecular flexibility index (Phi) is 10.9. The molecule has 7 heteroatoms. The van der Waals surface area contributed by atoms with Gasteiger partial charge in [0.15, 0.2) is 0 Å². The molecule has 0 aliphatic carbocycles. The van der Waals surface area contributed by atoms with Gasteiger partial charge in [-0.1, -0.05) is 84.2 Å². The zero-order valence-electron chi connectivity index (χ0n) is 16.1. The summed E-state index contributed by atoms with van der Waals surface area (Å²) in [5.41, 5.74) is 2.75. The number of anilines is 3. The maximum atomic E-state index is 13.8. The second-order valence-electron chi connectivity index (χ2n) is 6.22. The first-order chi connectivity index (χ1) is 14.4. The van der Waals surface area contributed by atoms with Gasteiger partial charge >= 0.3 is 0 Å². The molecule has 0 saturated heterocycles. The van der Waals surface area contributed by atoms with Gasteiger partial charge in [0.05, 0.1) is 5.69 Å². The SMILES string of the molecule is Fc1cc(Br)cc(Br)c1.Fc1cc(Br)cc(N(c2ccccc2)c2ccccc2)c1.[U]. The van der Waals surface area contributed by atoms with Crippen LogP contribution in [0.3, 0.4) is 0 Å². The molecule has 0 heterocycles. The van der Waals surface area contributed by atoms with E-state index in [1.165, 1.54) is 24.3 Å². The van der Waals surface area contributed by atoms with Crippen molar-refractivity contribution in [3.63, 3.8) is 0 Å². The summed E-state index contributed by atoms with van der Waals surface area (Å²) >= 11 is 9.65. The predicted octanol–water partition coefficient (Wildman–Crippen LogP) is 9.41. The third-order valence-corrected chi connectivity index (χ3v) is 5.34. The Hall–Kier alpha value is -0.968. The number of halogens is 5. The Morgan fingerprint density at radius 3 is 1.26 bits per heavy atom. The largest absolute Gasteiger partial charge is 0.310 e. The Morgan fingerprint density at radius 2 is 0.871 bits per heavy atom. The van der Waals surface area contributed by atoms with Crippen molar-refractivity contribution in [3.05, 3.63) is 122 Å². The molecular weight excluding hydrogens is 818 g/mol. The molecule has 0 fully saturated rings. The van der Waals surface area contributed by atoms with E-state index < -0.39 is 0 Å². The van der Waals surface area contributed by atoms with Crippen LogP contribution in [0.5, 0.6) is 0 Å². The van der Waals surface area contributed by atoms with Crippen LogP contribution in [0, 0.1) is 42.7 Å². The molecule has 4 aromatic carbocycles. The van der Waals surface area contributed by atoms with Crippen molar-refractivity contribution >= 4 is 64.9 Å². The van der Waals surface area contributed by atoms with Gasteiger partial charge in [-0.05, 0) is 60.7 Å². The fraction of sp³-hybridized carbons (Fsp3) is 0. The van der Waals surface area contributed by atoms with E-state index >= 15 is 0 Å². The van der Waals surface area contributed by atoms with Gasteiger partial charge in [0, 0.05) is 55.9 Å². The van der Waals surface area contributed by atoms with Crippen LogP contribution < -0.4 is 4.90 Å². The van der Waals surface area contributed by atoms with Crippen LogP contribution in [0.1, 0.15) is 0 Å². The first-order valence-electron chi connectivity index (χ1n) is 8.90. The normalized spacial score (nSPS) is 9.84. The van der Waals surface area contributed by atoms with Gasteiger partial charge in [-0.2, -0.15) is 0 Å². The minimum absolute atomic E-state index is 0. The average Bonchev–Trinajstić information content (AvgIpc) is 2.68. The molecule has 0 aromatic heterocycles. The van der Waals surface area contributed by atoms with Crippen LogP contribution in [0.15, 0.2) is 110 Å². The molecule has 0 amide bonds. The smallest absolute Gasteiger partial charge is 0.126 e. The van der Waals surface area contributed by atoms with E-state index in [9.17, 15) is 8.78 Å². The number of benzene rings is 4. The number of hydrogen-bond donors (Lipinski definition) is 0. The van der Waals surface area contributed by atoms with Gasteiger partial charge in [-0.15, -0.1) is 0 Å². The quantitative estimate of drug-likeness (QED) is 0.199. The zero-order valence-corrected chi connectivity index (χ0v) is 25.0. The van der Waals surface area contributed by atoms with E-state index in [-0.39, 0.29) is 42.7 Å². The van der Waals surface area contributed by atoms with Gasteiger partial charge in [-0.3, -0.25) is 0 Å². The average molecular weight is 834 g/mol. The number of nitrogens with zero attached hydrogens (tertiary/aromatic N) is 1. The van der Waals surface area contributed by atoms with Gasteiger partial charge in [0.25, 0.3) is 0 Å². The number of hydrogen-bond acceptors (Lipinski definition) is 1. The second kappa shape index (κ2) is 12.9.